The summed E-state index contributed by atoms with van der Waals surface area (Å²) in [5.74, 6) is -0.231. The third kappa shape index (κ3) is 3.38. The van der Waals surface area contributed by atoms with E-state index in [9.17, 15) is 4.79 Å². The Kier molecular flexibility index (Phi) is 4.37. The number of hydrogen-bond donors (Lipinski definition) is 1. The number of rotatable bonds is 4. The van der Waals surface area contributed by atoms with Crippen LogP contribution in [-0.4, -0.2) is 20.6 Å². The summed E-state index contributed by atoms with van der Waals surface area (Å²) in [7, 11) is 0. The molecule has 0 aliphatic carbocycles. The van der Waals surface area contributed by atoms with E-state index in [0.29, 0.717) is 22.4 Å². The molecule has 23 heavy (non-hydrogen) atoms. The van der Waals surface area contributed by atoms with Crippen LogP contribution in [0.25, 0.3) is 11.4 Å². The Morgan fingerprint density at radius 2 is 1.87 bits per heavy atom. The van der Waals surface area contributed by atoms with Gasteiger partial charge in [0.2, 0.25) is 0 Å². The quantitative estimate of drug-likeness (QED) is 0.750. The van der Waals surface area contributed by atoms with Crippen LogP contribution in [0.5, 0.6) is 0 Å². The first-order valence-corrected chi connectivity index (χ1v) is 7.59. The van der Waals surface area contributed by atoms with Crippen LogP contribution in [0.4, 0.5) is 0 Å². The van der Waals surface area contributed by atoms with Crippen LogP contribution < -0.4 is 0 Å². The zero-order chi connectivity index (χ0) is 16.4. The molecule has 1 aromatic heterocycles. The van der Waals surface area contributed by atoms with Crippen molar-refractivity contribution in [1.82, 2.24) is 9.55 Å². The maximum absolute atomic E-state index is 10.9. The second kappa shape index (κ2) is 6.44. The van der Waals surface area contributed by atoms with Crippen LogP contribution in [0.15, 0.2) is 54.9 Å². The highest BCUT2D eigenvalue weighted by molar-refractivity contribution is 6.35. The molecule has 1 heterocycles. The predicted molar refractivity (Wildman–Crippen MR) is 90.2 cm³/mol. The number of imidazole rings is 1. The van der Waals surface area contributed by atoms with Crippen molar-refractivity contribution in [3.05, 3.63) is 76.0 Å². The van der Waals surface area contributed by atoms with Crippen LogP contribution in [0.3, 0.4) is 0 Å². The van der Waals surface area contributed by atoms with Crippen molar-refractivity contribution in [2.24, 2.45) is 0 Å². The van der Waals surface area contributed by atoms with Crippen LogP contribution in [0.1, 0.15) is 15.9 Å². The number of aromatic nitrogens is 2. The molecular weight excluding hydrogens is 335 g/mol. The molecule has 0 aliphatic rings. The van der Waals surface area contributed by atoms with Gasteiger partial charge in [0.05, 0.1) is 10.6 Å². The number of nitrogens with zero attached hydrogens (tertiary/aromatic N) is 2. The third-order valence-electron chi connectivity index (χ3n) is 3.44. The smallest absolute Gasteiger partial charge is 0.335 e. The van der Waals surface area contributed by atoms with Crippen molar-refractivity contribution in [1.29, 1.82) is 0 Å². The van der Waals surface area contributed by atoms with E-state index in [2.05, 4.69) is 4.98 Å². The van der Waals surface area contributed by atoms with Gasteiger partial charge in [-0.2, -0.15) is 0 Å². The topological polar surface area (TPSA) is 55.1 Å². The number of hydrogen-bond acceptors (Lipinski definition) is 2. The lowest BCUT2D eigenvalue weighted by Crippen LogP contribution is -2.02. The van der Waals surface area contributed by atoms with Gasteiger partial charge in [-0.3, -0.25) is 0 Å². The molecule has 0 fully saturated rings. The van der Waals surface area contributed by atoms with E-state index in [1.54, 1.807) is 48.7 Å². The molecule has 116 valence electrons. The zero-order valence-electron chi connectivity index (χ0n) is 11.9. The van der Waals surface area contributed by atoms with Gasteiger partial charge in [0.25, 0.3) is 0 Å². The molecule has 0 aliphatic heterocycles. The van der Waals surface area contributed by atoms with Crippen molar-refractivity contribution in [2.75, 3.05) is 0 Å². The van der Waals surface area contributed by atoms with Gasteiger partial charge in [-0.15, -0.1) is 0 Å². The fourth-order valence-electron chi connectivity index (χ4n) is 2.30. The lowest BCUT2D eigenvalue weighted by molar-refractivity contribution is 0.0697. The Morgan fingerprint density at radius 3 is 2.57 bits per heavy atom. The van der Waals surface area contributed by atoms with Crippen LogP contribution in [-0.2, 0) is 6.54 Å². The fourth-order valence-corrected chi connectivity index (χ4v) is 2.67. The Hall–Kier alpha value is -2.30. The monoisotopic (exact) mass is 346 g/mol. The molecule has 0 atom stereocenters. The largest absolute Gasteiger partial charge is 0.478 e. The van der Waals surface area contributed by atoms with Crippen molar-refractivity contribution in [3.8, 4) is 11.4 Å². The Labute approximate surface area is 142 Å². The molecule has 0 bridgehead atoms. The number of carbonyl (C=O) groups is 1. The summed E-state index contributed by atoms with van der Waals surface area (Å²) in [6.07, 6.45) is 3.54. The van der Waals surface area contributed by atoms with Gasteiger partial charge in [0.1, 0.15) is 5.82 Å². The average molecular weight is 347 g/mol. The molecule has 4 nitrogen and oxygen atoms in total. The fraction of sp³-hybridized carbons (Fsp3) is 0.0588. The molecule has 0 saturated carbocycles. The molecule has 0 radical (unpaired) electrons. The first-order chi connectivity index (χ1) is 11.0. The van der Waals surface area contributed by atoms with Gasteiger partial charge in [0, 0.05) is 29.5 Å². The zero-order valence-corrected chi connectivity index (χ0v) is 13.4. The van der Waals surface area contributed by atoms with E-state index in [1.807, 2.05) is 10.8 Å². The van der Waals surface area contributed by atoms with E-state index >= 15 is 0 Å². The molecule has 3 rings (SSSR count). The minimum atomic E-state index is -0.939. The van der Waals surface area contributed by atoms with Crippen molar-refractivity contribution in [2.45, 2.75) is 6.54 Å². The number of carboxylic acid groups (broad SMARTS) is 1. The van der Waals surface area contributed by atoms with Crippen molar-refractivity contribution in [3.63, 3.8) is 0 Å². The lowest BCUT2D eigenvalue weighted by Gasteiger charge is -2.10. The maximum atomic E-state index is 10.9. The van der Waals surface area contributed by atoms with Gasteiger partial charge in [-0.1, -0.05) is 35.3 Å². The highest BCUT2D eigenvalue weighted by atomic mass is 35.5. The Balaban J connectivity index is 1.92. The van der Waals surface area contributed by atoms with Gasteiger partial charge >= 0.3 is 5.97 Å². The Bertz CT molecular complexity index is 857. The summed E-state index contributed by atoms with van der Waals surface area (Å²) >= 11 is 12.3. The van der Waals surface area contributed by atoms with Gasteiger partial charge in [0.15, 0.2) is 0 Å². The van der Waals surface area contributed by atoms with E-state index in [4.69, 9.17) is 28.3 Å². The summed E-state index contributed by atoms with van der Waals surface area (Å²) in [6, 6.07) is 12.0. The van der Waals surface area contributed by atoms with E-state index < -0.39 is 5.97 Å². The highest BCUT2D eigenvalue weighted by Crippen LogP contribution is 2.29. The molecule has 0 saturated heterocycles. The van der Waals surface area contributed by atoms with Gasteiger partial charge < -0.3 is 9.67 Å². The summed E-state index contributed by atoms with van der Waals surface area (Å²) < 4.78 is 1.94. The number of aromatic carboxylic acids is 1. The van der Waals surface area contributed by atoms with Crippen LogP contribution in [0.2, 0.25) is 10.0 Å². The molecule has 1 N–H and O–H groups in total. The van der Waals surface area contributed by atoms with Crippen LogP contribution in [0, 0.1) is 0 Å². The molecular formula is C17H12Cl2N2O2. The van der Waals surface area contributed by atoms with Crippen LogP contribution >= 0.6 is 23.2 Å². The SMILES string of the molecule is O=C(O)c1ccc(Cn2ccnc2-c2cc(Cl)ccc2Cl)cc1. The molecule has 0 amide bonds. The second-order valence-corrected chi connectivity index (χ2v) is 5.85. The molecule has 2 aromatic carbocycles. The predicted octanol–water partition coefficient (Wildman–Crippen LogP) is 4.60. The van der Waals surface area contributed by atoms with Crippen molar-refractivity contribution >= 4 is 29.2 Å². The normalized spacial score (nSPS) is 10.7. The van der Waals surface area contributed by atoms with Gasteiger partial charge in [-0.25, -0.2) is 9.78 Å². The number of benzene rings is 2. The highest BCUT2D eigenvalue weighted by Gasteiger charge is 2.11. The second-order valence-electron chi connectivity index (χ2n) is 5.00. The minimum absolute atomic E-state index is 0.262. The van der Waals surface area contributed by atoms with E-state index in [-0.39, 0.29) is 5.56 Å². The maximum Gasteiger partial charge on any atom is 0.335 e. The molecule has 3 aromatic rings. The standard InChI is InChI=1S/C17H12Cl2N2O2/c18-13-5-6-15(19)14(9-13)16-20-7-8-21(16)10-11-1-3-12(4-2-11)17(22)23/h1-9H,10H2,(H,22,23). The average Bonchev–Trinajstić information content (AvgIpc) is 2.98. The Morgan fingerprint density at radius 1 is 1.13 bits per heavy atom. The summed E-state index contributed by atoms with van der Waals surface area (Å²) in [5.41, 5.74) is 1.98. The summed E-state index contributed by atoms with van der Waals surface area (Å²) in [6.45, 7) is 0.554. The number of carboxylic acids is 1. The molecule has 0 unspecified atom stereocenters. The first kappa shape index (κ1) is 15.6. The van der Waals surface area contributed by atoms with Crippen molar-refractivity contribution < 1.29 is 9.90 Å². The van der Waals surface area contributed by atoms with E-state index in [0.717, 1.165) is 11.1 Å². The molecule has 0 spiro atoms. The van der Waals surface area contributed by atoms with E-state index in [1.165, 1.54) is 0 Å². The third-order valence-corrected chi connectivity index (χ3v) is 4.00. The van der Waals surface area contributed by atoms with Gasteiger partial charge in [-0.05, 0) is 35.9 Å². The summed E-state index contributed by atoms with van der Waals surface area (Å²) in [4.78, 5) is 15.3. The molecule has 6 heteroatoms. The first-order valence-electron chi connectivity index (χ1n) is 6.83. The number of halogens is 2. The summed E-state index contributed by atoms with van der Waals surface area (Å²) in [5, 5.41) is 10.1. The lowest BCUT2D eigenvalue weighted by atomic mass is 10.1. The minimum Gasteiger partial charge on any atom is -0.478 e.